The average molecular weight is 267 g/mol. The van der Waals surface area contributed by atoms with Crippen molar-refractivity contribution in [2.24, 2.45) is 0 Å². The molecule has 1 saturated heterocycles. The Kier molecular flexibility index (Phi) is 4.49. The van der Waals surface area contributed by atoms with E-state index < -0.39 is 12.0 Å². The summed E-state index contributed by atoms with van der Waals surface area (Å²) in [5.74, 6) is -0.954. The van der Waals surface area contributed by atoms with Crippen LogP contribution in [0.5, 0.6) is 0 Å². The molecule has 1 aliphatic rings. The van der Waals surface area contributed by atoms with Crippen molar-refractivity contribution in [3.8, 4) is 0 Å². The van der Waals surface area contributed by atoms with E-state index >= 15 is 0 Å². The molecule has 1 aliphatic heterocycles. The minimum atomic E-state index is -0.907. The molecule has 1 atom stereocenters. The molecule has 0 saturated carbocycles. The number of carboxylic acids is 1. The van der Waals surface area contributed by atoms with Crippen LogP contribution in [-0.4, -0.2) is 40.9 Å². The van der Waals surface area contributed by atoms with Crippen LogP contribution in [0.15, 0.2) is 17.5 Å². The molecular formula is C13H17NO3S. The van der Waals surface area contributed by atoms with Crippen molar-refractivity contribution in [3.63, 3.8) is 0 Å². The fraction of sp³-hybridized carbons (Fsp3) is 0.538. The van der Waals surface area contributed by atoms with Crippen LogP contribution in [-0.2, 0) is 4.79 Å². The van der Waals surface area contributed by atoms with Crippen LogP contribution in [0.25, 0.3) is 0 Å². The number of thiophene rings is 1. The summed E-state index contributed by atoms with van der Waals surface area (Å²) in [5.41, 5.74) is 0. The SMILES string of the molecule is O=C(O)CC(C(=O)c1cccs1)N1CCCCC1. The lowest BCUT2D eigenvalue weighted by molar-refractivity contribution is -0.138. The maximum Gasteiger partial charge on any atom is 0.305 e. The molecule has 0 aliphatic carbocycles. The van der Waals surface area contributed by atoms with Crippen molar-refractivity contribution in [2.75, 3.05) is 13.1 Å². The standard InChI is InChI=1S/C13H17NO3S/c15-12(16)9-10(14-6-2-1-3-7-14)13(17)11-5-4-8-18-11/h4-5,8,10H,1-3,6-7,9H2,(H,15,16). The van der Waals surface area contributed by atoms with Crippen molar-refractivity contribution in [1.82, 2.24) is 4.90 Å². The van der Waals surface area contributed by atoms with Gasteiger partial charge in [-0.15, -0.1) is 11.3 Å². The fourth-order valence-corrected chi connectivity index (χ4v) is 3.08. The van der Waals surface area contributed by atoms with Crippen LogP contribution in [0, 0.1) is 0 Å². The monoisotopic (exact) mass is 267 g/mol. The van der Waals surface area contributed by atoms with Gasteiger partial charge < -0.3 is 5.11 Å². The Balaban J connectivity index is 2.13. The highest BCUT2D eigenvalue weighted by Crippen LogP contribution is 2.20. The van der Waals surface area contributed by atoms with Gasteiger partial charge in [-0.05, 0) is 37.4 Å². The van der Waals surface area contributed by atoms with Crippen LogP contribution in [0.2, 0.25) is 0 Å². The maximum atomic E-state index is 12.3. The Morgan fingerprint density at radius 2 is 2.06 bits per heavy atom. The van der Waals surface area contributed by atoms with E-state index in [4.69, 9.17) is 5.11 Å². The van der Waals surface area contributed by atoms with Crippen LogP contribution >= 0.6 is 11.3 Å². The van der Waals surface area contributed by atoms with Gasteiger partial charge in [0.1, 0.15) is 0 Å². The number of piperidine rings is 1. The van der Waals surface area contributed by atoms with Crippen molar-refractivity contribution >= 4 is 23.1 Å². The molecule has 1 fully saturated rings. The number of rotatable bonds is 5. The summed E-state index contributed by atoms with van der Waals surface area (Å²) in [4.78, 5) is 26.0. The number of carboxylic acid groups (broad SMARTS) is 1. The Morgan fingerprint density at radius 1 is 1.33 bits per heavy atom. The normalized spacial score (nSPS) is 18.4. The first-order chi connectivity index (χ1) is 8.68. The molecule has 0 bridgehead atoms. The highest BCUT2D eigenvalue weighted by molar-refractivity contribution is 7.12. The number of carbonyl (C=O) groups excluding carboxylic acids is 1. The van der Waals surface area contributed by atoms with Gasteiger partial charge in [-0.25, -0.2) is 0 Å². The molecule has 0 aromatic carbocycles. The van der Waals surface area contributed by atoms with E-state index in [1.165, 1.54) is 17.8 Å². The van der Waals surface area contributed by atoms with Gasteiger partial charge in [-0.2, -0.15) is 0 Å². The number of hydrogen-bond acceptors (Lipinski definition) is 4. The van der Waals surface area contributed by atoms with E-state index in [9.17, 15) is 9.59 Å². The summed E-state index contributed by atoms with van der Waals surface area (Å²) >= 11 is 1.38. The van der Waals surface area contributed by atoms with Gasteiger partial charge in [0.2, 0.25) is 0 Å². The van der Waals surface area contributed by atoms with E-state index in [-0.39, 0.29) is 12.2 Å². The van der Waals surface area contributed by atoms with Crippen LogP contribution < -0.4 is 0 Å². The number of ketones is 1. The molecule has 4 nitrogen and oxygen atoms in total. The van der Waals surface area contributed by atoms with Crippen LogP contribution in [0.4, 0.5) is 0 Å². The maximum absolute atomic E-state index is 12.3. The van der Waals surface area contributed by atoms with Gasteiger partial charge in [-0.3, -0.25) is 14.5 Å². The van der Waals surface area contributed by atoms with Crippen molar-refractivity contribution in [3.05, 3.63) is 22.4 Å². The lowest BCUT2D eigenvalue weighted by Crippen LogP contribution is -2.45. The summed E-state index contributed by atoms with van der Waals surface area (Å²) in [6, 6.07) is 3.10. The highest BCUT2D eigenvalue weighted by atomic mass is 32.1. The summed E-state index contributed by atoms with van der Waals surface area (Å²) in [6.07, 6.45) is 3.17. The van der Waals surface area contributed by atoms with E-state index in [1.54, 1.807) is 6.07 Å². The number of hydrogen-bond donors (Lipinski definition) is 1. The Morgan fingerprint density at radius 3 is 2.61 bits per heavy atom. The van der Waals surface area contributed by atoms with E-state index in [0.717, 1.165) is 25.9 Å². The Labute approximate surface area is 110 Å². The fourth-order valence-electron chi connectivity index (χ4n) is 2.37. The average Bonchev–Trinajstić information content (AvgIpc) is 2.90. The first kappa shape index (κ1) is 13.2. The topological polar surface area (TPSA) is 57.6 Å². The molecule has 1 aromatic heterocycles. The zero-order valence-corrected chi connectivity index (χ0v) is 11.0. The molecule has 2 heterocycles. The predicted octanol–water partition coefficient (Wildman–Crippen LogP) is 2.26. The summed E-state index contributed by atoms with van der Waals surface area (Å²) in [6.45, 7) is 1.66. The second-order valence-electron chi connectivity index (χ2n) is 4.55. The molecule has 1 unspecified atom stereocenters. The first-order valence-corrected chi connectivity index (χ1v) is 7.10. The largest absolute Gasteiger partial charge is 0.481 e. The van der Waals surface area contributed by atoms with Gasteiger partial charge in [0.05, 0.1) is 17.3 Å². The van der Waals surface area contributed by atoms with Gasteiger partial charge in [0, 0.05) is 0 Å². The number of aliphatic carboxylic acids is 1. The molecule has 0 radical (unpaired) electrons. The molecule has 18 heavy (non-hydrogen) atoms. The first-order valence-electron chi connectivity index (χ1n) is 6.22. The van der Waals surface area contributed by atoms with Gasteiger partial charge in [-0.1, -0.05) is 12.5 Å². The van der Waals surface area contributed by atoms with Crippen molar-refractivity contribution < 1.29 is 14.7 Å². The third kappa shape index (κ3) is 3.17. The van der Waals surface area contributed by atoms with Gasteiger partial charge >= 0.3 is 5.97 Å². The molecule has 1 aromatic rings. The summed E-state index contributed by atoms with van der Waals surface area (Å²) in [5, 5.41) is 10.8. The van der Waals surface area contributed by atoms with Gasteiger partial charge in [0.15, 0.2) is 5.78 Å². The minimum Gasteiger partial charge on any atom is -0.481 e. The quantitative estimate of drug-likeness (QED) is 0.831. The Bertz CT molecular complexity index is 410. The van der Waals surface area contributed by atoms with E-state index in [0.29, 0.717) is 4.88 Å². The second kappa shape index (κ2) is 6.11. The zero-order valence-electron chi connectivity index (χ0n) is 10.2. The summed E-state index contributed by atoms with van der Waals surface area (Å²) in [7, 11) is 0. The third-order valence-corrected chi connectivity index (χ3v) is 4.15. The molecule has 0 spiro atoms. The smallest absolute Gasteiger partial charge is 0.305 e. The zero-order chi connectivity index (χ0) is 13.0. The number of likely N-dealkylation sites (tertiary alicyclic amines) is 1. The van der Waals surface area contributed by atoms with E-state index in [2.05, 4.69) is 0 Å². The van der Waals surface area contributed by atoms with Crippen molar-refractivity contribution in [2.45, 2.75) is 31.7 Å². The molecule has 0 amide bonds. The van der Waals surface area contributed by atoms with Crippen LogP contribution in [0.1, 0.15) is 35.4 Å². The second-order valence-corrected chi connectivity index (χ2v) is 5.50. The Hall–Kier alpha value is -1.20. The lowest BCUT2D eigenvalue weighted by atomic mass is 10.0. The minimum absolute atomic E-state index is 0.0469. The molecular weight excluding hydrogens is 250 g/mol. The predicted molar refractivity (Wildman–Crippen MR) is 70.1 cm³/mol. The lowest BCUT2D eigenvalue weighted by Gasteiger charge is -2.32. The van der Waals surface area contributed by atoms with Gasteiger partial charge in [0.25, 0.3) is 0 Å². The number of carbonyl (C=O) groups is 2. The van der Waals surface area contributed by atoms with Crippen molar-refractivity contribution in [1.29, 1.82) is 0 Å². The summed E-state index contributed by atoms with van der Waals surface area (Å²) < 4.78 is 0. The molecule has 5 heteroatoms. The van der Waals surface area contributed by atoms with E-state index in [1.807, 2.05) is 16.3 Å². The molecule has 98 valence electrons. The molecule has 2 rings (SSSR count). The molecule has 1 N–H and O–H groups in total. The number of nitrogens with zero attached hydrogens (tertiary/aromatic N) is 1. The number of Topliss-reactive ketones (excluding diaryl/α,β-unsaturated/α-hetero) is 1. The van der Waals surface area contributed by atoms with Crippen LogP contribution in [0.3, 0.4) is 0 Å². The highest BCUT2D eigenvalue weighted by Gasteiger charge is 2.30. The third-order valence-electron chi connectivity index (χ3n) is 3.27.